The highest BCUT2D eigenvalue weighted by Gasteiger charge is 2.21. The lowest BCUT2D eigenvalue weighted by atomic mass is 10.3. The first kappa shape index (κ1) is 12.0. The Balaban J connectivity index is 2.81. The maximum absolute atomic E-state index is 11.9. The van der Waals surface area contributed by atoms with Crippen LogP contribution < -0.4 is 4.72 Å². The largest absolute Gasteiger partial charge is 0.283 e. The minimum absolute atomic E-state index is 0.308. The number of sulfonamides is 1. The summed E-state index contributed by atoms with van der Waals surface area (Å²) in [4.78, 5) is 0. The van der Waals surface area contributed by atoms with Crippen LogP contribution in [0.2, 0.25) is 0 Å². The lowest BCUT2D eigenvalue weighted by Gasteiger charge is -2.15. The molecule has 0 heterocycles. The van der Waals surface area contributed by atoms with Crippen molar-refractivity contribution < 1.29 is 8.42 Å². The van der Waals surface area contributed by atoms with Gasteiger partial charge in [0.1, 0.15) is 0 Å². The van der Waals surface area contributed by atoms with E-state index in [0.29, 0.717) is 18.5 Å². The van der Waals surface area contributed by atoms with Crippen LogP contribution in [0.15, 0.2) is 30.3 Å². The number of para-hydroxylation sites is 1. The van der Waals surface area contributed by atoms with Crippen molar-refractivity contribution in [1.29, 1.82) is 0 Å². The van der Waals surface area contributed by atoms with Crippen molar-refractivity contribution in [2.45, 2.75) is 31.9 Å². The Morgan fingerprint density at radius 1 is 1.13 bits per heavy atom. The highest BCUT2D eigenvalue weighted by molar-refractivity contribution is 7.93. The van der Waals surface area contributed by atoms with Crippen LogP contribution in [-0.2, 0) is 10.0 Å². The lowest BCUT2D eigenvalue weighted by Crippen LogP contribution is -2.26. The van der Waals surface area contributed by atoms with Gasteiger partial charge in [-0.1, -0.05) is 32.0 Å². The van der Waals surface area contributed by atoms with Crippen LogP contribution in [0.1, 0.15) is 26.7 Å². The molecule has 84 valence electrons. The van der Waals surface area contributed by atoms with E-state index in [1.54, 1.807) is 12.1 Å². The molecule has 0 spiro atoms. The number of nitrogens with one attached hydrogen (secondary N) is 1. The van der Waals surface area contributed by atoms with Crippen LogP contribution in [-0.4, -0.2) is 13.7 Å². The van der Waals surface area contributed by atoms with Crippen molar-refractivity contribution in [1.82, 2.24) is 0 Å². The Morgan fingerprint density at radius 3 is 2.13 bits per heavy atom. The van der Waals surface area contributed by atoms with Crippen LogP contribution in [0.5, 0.6) is 0 Å². The molecule has 1 rings (SSSR count). The van der Waals surface area contributed by atoms with Crippen LogP contribution in [0.3, 0.4) is 0 Å². The third-order valence-corrected chi connectivity index (χ3v) is 4.45. The molecule has 0 fully saturated rings. The zero-order chi connectivity index (χ0) is 11.3. The van der Waals surface area contributed by atoms with Crippen molar-refractivity contribution in [3.63, 3.8) is 0 Å². The van der Waals surface area contributed by atoms with Gasteiger partial charge in [-0.2, -0.15) is 0 Å². The molecule has 1 aromatic rings. The average molecular weight is 227 g/mol. The molecule has 1 aromatic carbocycles. The van der Waals surface area contributed by atoms with Gasteiger partial charge in [0.2, 0.25) is 10.0 Å². The molecule has 0 aromatic heterocycles. The van der Waals surface area contributed by atoms with Gasteiger partial charge in [-0.15, -0.1) is 0 Å². The Morgan fingerprint density at radius 2 is 1.67 bits per heavy atom. The molecule has 0 radical (unpaired) electrons. The van der Waals surface area contributed by atoms with Crippen LogP contribution in [0.4, 0.5) is 5.69 Å². The molecule has 0 saturated heterocycles. The van der Waals surface area contributed by atoms with E-state index in [-0.39, 0.29) is 5.25 Å². The van der Waals surface area contributed by atoms with Crippen molar-refractivity contribution in [2.75, 3.05) is 4.72 Å². The maximum Gasteiger partial charge on any atom is 0.235 e. The van der Waals surface area contributed by atoms with E-state index in [1.165, 1.54) is 0 Å². The highest BCUT2D eigenvalue weighted by Crippen LogP contribution is 2.15. The topological polar surface area (TPSA) is 46.2 Å². The first-order chi connectivity index (χ1) is 7.10. The summed E-state index contributed by atoms with van der Waals surface area (Å²) in [5.74, 6) is 0. The van der Waals surface area contributed by atoms with Gasteiger partial charge in [0, 0.05) is 5.69 Å². The zero-order valence-electron chi connectivity index (χ0n) is 9.10. The Labute approximate surface area is 91.6 Å². The number of anilines is 1. The smallest absolute Gasteiger partial charge is 0.235 e. The van der Waals surface area contributed by atoms with E-state index in [4.69, 9.17) is 0 Å². The number of benzene rings is 1. The van der Waals surface area contributed by atoms with Crippen molar-refractivity contribution >= 4 is 15.7 Å². The Bertz CT molecular complexity index is 382. The second-order valence-electron chi connectivity index (χ2n) is 3.45. The number of hydrogen-bond acceptors (Lipinski definition) is 2. The standard InChI is InChI=1S/C11H17NO2S/c1-3-11(4-2)15(13,14)12-10-8-6-5-7-9-10/h5-9,11-12H,3-4H2,1-2H3. The highest BCUT2D eigenvalue weighted by atomic mass is 32.2. The van der Waals surface area contributed by atoms with Gasteiger partial charge < -0.3 is 0 Å². The molecule has 0 aliphatic heterocycles. The average Bonchev–Trinajstić information content (AvgIpc) is 2.19. The normalized spacial score (nSPS) is 11.7. The molecule has 0 atom stereocenters. The summed E-state index contributed by atoms with van der Waals surface area (Å²) in [7, 11) is -3.23. The van der Waals surface area contributed by atoms with Crippen molar-refractivity contribution in [3.8, 4) is 0 Å². The molecule has 0 aliphatic rings. The van der Waals surface area contributed by atoms with Crippen molar-refractivity contribution in [3.05, 3.63) is 30.3 Å². The van der Waals surface area contributed by atoms with E-state index in [0.717, 1.165) is 0 Å². The van der Waals surface area contributed by atoms with Gasteiger partial charge in [-0.3, -0.25) is 4.72 Å². The van der Waals surface area contributed by atoms with Crippen LogP contribution in [0, 0.1) is 0 Å². The fourth-order valence-corrected chi connectivity index (χ4v) is 2.99. The van der Waals surface area contributed by atoms with Gasteiger partial charge in [0.25, 0.3) is 0 Å². The van der Waals surface area contributed by atoms with E-state index in [9.17, 15) is 8.42 Å². The molecule has 3 nitrogen and oxygen atoms in total. The Kier molecular flexibility index (Phi) is 4.15. The molecule has 0 saturated carbocycles. The van der Waals surface area contributed by atoms with Gasteiger partial charge in [-0.05, 0) is 25.0 Å². The molecule has 0 aliphatic carbocycles. The molecular formula is C11H17NO2S. The van der Waals surface area contributed by atoms with Gasteiger partial charge >= 0.3 is 0 Å². The predicted molar refractivity (Wildman–Crippen MR) is 63.4 cm³/mol. The SMILES string of the molecule is CCC(CC)S(=O)(=O)Nc1ccccc1. The Hall–Kier alpha value is -1.03. The molecular weight excluding hydrogens is 210 g/mol. The molecule has 15 heavy (non-hydrogen) atoms. The second kappa shape index (κ2) is 5.16. The summed E-state index contributed by atoms with van der Waals surface area (Å²) in [5.41, 5.74) is 0.629. The molecule has 0 amide bonds. The lowest BCUT2D eigenvalue weighted by molar-refractivity contribution is 0.577. The molecule has 0 bridgehead atoms. The first-order valence-corrected chi connectivity index (χ1v) is 6.71. The second-order valence-corrected chi connectivity index (χ2v) is 5.41. The fourth-order valence-electron chi connectivity index (χ4n) is 1.48. The molecule has 1 N–H and O–H groups in total. The van der Waals surface area contributed by atoms with E-state index in [2.05, 4.69) is 4.72 Å². The molecule has 0 unspecified atom stereocenters. The van der Waals surface area contributed by atoms with Gasteiger partial charge in [-0.25, -0.2) is 8.42 Å². The minimum Gasteiger partial charge on any atom is -0.283 e. The summed E-state index contributed by atoms with van der Waals surface area (Å²) in [6, 6.07) is 8.98. The number of hydrogen-bond donors (Lipinski definition) is 1. The number of rotatable bonds is 5. The predicted octanol–water partition coefficient (Wildman–Crippen LogP) is 2.62. The monoisotopic (exact) mass is 227 g/mol. The van der Waals surface area contributed by atoms with Crippen LogP contribution in [0.25, 0.3) is 0 Å². The van der Waals surface area contributed by atoms with E-state index < -0.39 is 10.0 Å². The van der Waals surface area contributed by atoms with E-state index in [1.807, 2.05) is 32.0 Å². The zero-order valence-corrected chi connectivity index (χ0v) is 9.92. The van der Waals surface area contributed by atoms with Gasteiger partial charge in [0.05, 0.1) is 5.25 Å². The third-order valence-electron chi connectivity index (χ3n) is 2.38. The van der Waals surface area contributed by atoms with Crippen LogP contribution >= 0.6 is 0 Å². The quantitative estimate of drug-likeness (QED) is 0.840. The van der Waals surface area contributed by atoms with Crippen molar-refractivity contribution in [2.24, 2.45) is 0 Å². The summed E-state index contributed by atoms with van der Waals surface area (Å²) in [6.45, 7) is 3.77. The summed E-state index contributed by atoms with van der Waals surface area (Å²) in [5, 5.41) is -0.308. The molecule has 4 heteroatoms. The summed E-state index contributed by atoms with van der Waals surface area (Å²) in [6.07, 6.45) is 1.28. The van der Waals surface area contributed by atoms with Gasteiger partial charge in [0.15, 0.2) is 0 Å². The minimum atomic E-state index is -3.23. The first-order valence-electron chi connectivity index (χ1n) is 5.16. The fraction of sp³-hybridized carbons (Fsp3) is 0.455. The van der Waals surface area contributed by atoms with E-state index >= 15 is 0 Å². The third kappa shape index (κ3) is 3.23. The summed E-state index contributed by atoms with van der Waals surface area (Å²) < 4.78 is 26.3. The maximum atomic E-state index is 11.9. The summed E-state index contributed by atoms with van der Waals surface area (Å²) >= 11 is 0.